The lowest BCUT2D eigenvalue weighted by atomic mass is 9.84. The molecular weight excluding hydrogens is 394 g/mol. The second-order valence-electron chi connectivity index (χ2n) is 9.14. The van der Waals surface area contributed by atoms with Crippen molar-refractivity contribution in [1.82, 2.24) is 4.90 Å². The van der Waals surface area contributed by atoms with Gasteiger partial charge < -0.3 is 10.0 Å². The molecule has 3 atom stereocenters. The van der Waals surface area contributed by atoms with Gasteiger partial charge in [-0.2, -0.15) is 0 Å². The second-order valence-corrected chi connectivity index (χ2v) is 9.56. The maximum atomic E-state index is 12.9. The molecule has 0 radical (unpaired) electrons. The number of nitrogens with zero attached hydrogens (tertiary/aromatic N) is 1. The van der Waals surface area contributed by atoms with E-state index in [0.29, 0.717) is 13.0 Å². The topological polar surface area (TPSA) is 57.6 Å². The maximum Gasteiger partial charge on any atom is 0.291 e. The third-order valence-corrected chi connectivity index (χ3v) is 6.97. The summed E-state index contributed by atoms with van der Waals surface area (Å²) in [5.74, 6) is -0.654. The van der Waals surface area contributed by atoms with Gasteiger partial charge >= 0.3 is 0 Å². The van der Waals surface area contributed by atoms with Gasteiger partial charge in [0.2, 0.25) is 5.78 Å². The molecule has 1 amide bonds. The Morgan fingerprint density at radius 3 is 2.50 bits per heavy atom. The number of likely N-dealkylation sites (tertiary alicyclic amines) is 1. The molecule has 5 heteroatoms. The van der Waals surface area contributed by atoms with Gasteiger partial charge in [-0.05, 0) is 59.7 Å². The standard InChI is InChI=1S/C25H31NO3S/c1-5-25(3,4)22(27)23(28)26-13-12-20(21(26)24(29)30)14-16(2)18-11-10-17-8-6-7-9-19(17)15-18/h6-11,15-16,20-21H,5,12-14H2,1-4H3,(H,29,30)/t16-,20?,21?/m0/s1. The summed E-state index contributed by atoms with van der Waals surface area (Å²) in [5, 5.41) is 12.4. The van der Waals surface area contributed by atoms with Crippen molar-refractivity contribution in [3.8, 4) is 0 Å². The van der Waals surface area contributed by atoms with E-state index in [1.165, 1.54) is 21.2 Å². The van der Waals surface area contributed by atoms with Gasteiger partial charge in [-0.25, -0.2) is 0 Å². The van der Waals surface area contributed by atoms with Gasteiger partial charge in [0.25, 0.3) is 5.91 Å². The molecule has 0 aromatic heterocycles. The largest absolute Gasteiger partial charge is 0.500 e. The van der Waals surface area contributed by atoms with Crippen LogP contribution in [0.15, 0.2) is 42.5 Å². The number of thiocarbonyl (C=S) groups is 1. The van der Waals surface area contributed by atoms with E-state index in [2.05, 4.69) is 37.3 Å². The summed E-state index contributed by atoms with van der Waals surface area (Å²) in [6, 6.07) is 14.2. The fourth-order valence-corrected chi connectivity index (χ4v) is 4.67. The van der Waals surface area contributed by atoms with Crippen molar-refractivity contribution in [3.05, 3.63) is 48.0 Å². The van der Waals surface area contributed by atoms with E-state index in [0.717, 1.165) is 12.8 Å². The van der Waals surface area contributed by atoms with E-state index >= 15 is 0 Å². The molecule has 1 fully saturated rings. The minimum absolute atomic E-state index is 0.0328. The minimum atomic E-state index is -0.713. The number of Topliss-reactive ketones (excluding diaryl/α,β-unsaturated/α-hetero) is 1. The molecule has 160 valence electrons. The fourth-order valence-electron chi connectivity index (χ4n) is 4.35. The highest BCUT2D eigenvalue weighted by Crippen LogP contribution is 2.36. The number of hydrogen-bond donors (Lipinski definition) is 1. The van der Waals surface area contributed by atoms with Gasteiger partial charge in [0.1, 0.15) is 6.04 Å². The molecule has 0 aliphatic carbocycles. The van der Waals surface area contributed by atoms with E-state index in [-0.39, 0.29) is 16.9 Å². The average Bonchev–Trinajstić information content (AvgIpc) is 3.15. The summed E-state index contributed by atoms with van der Waals surface area (Å²) in [7, 11) is 0. The van der Waals surface area contributed by atoms with Gasteiger partial charge in [0.15, 0.2) is 5.05 Å². The van der Waals surface area contributed by atoms with E-state index in [4.69, 9.17) is 12.2 Å². The van der Waals surface area contributed by atoms with Crippen molar-refractivity contribution in [1.29, 1.82) is 0 Å². The van der Waals surface area contributed by atoms with Crippen LogP contribution in [0.2, 0.25) is 0 Å². The van der Waals surface area contributed by atoms with E-state index in [1.54, 1.807) is 13.8 Å². The molecule has 2 aromatic carbocycles. The van der Waals surface area contributed by atoms with E-state index in [1.807, 2.05) is 19.1 Å². The molecule has 30 heavy (non-hydrogen) atoms. The molecule has 2 unspecified atom stereocenters. The molecule has 1 aliphatic heterocycles. The first-order chi connectivity index (χ1) is 14.2. The lowest BCUT2D eigenvalue weighted by molar-refractivity contribution is -0.149. The Balaban J connectivity index is 1.77. The molecule has 0 spiro atoms. The first-order valence-electron chi connectivity index (χ1n) is 10.7. The third-order valence-electron chi connectivity index (χ3n) is 6.73. The Labute approximate surface area is 184 Å². The van der Waals surface area contributed by atoms with Crippen molar-refractivity contribution >= 4 is 39.7 Å². The number of carbonyl (C=O) groups is 2. The predicted octanol–water partition coefficient (Wildman–Crippen LogP) is 5.44. The Morgan fingerprint density at radius 2 is 1.87 bits per heavy atom. The van der Waals surface area contributed by atoms with Crippen molar-refractivity contribution < 1.29 is 14.7 Å². The summed E-state index contributed by atoms with van der Waals surface area (Å²) in [6.07, 6.45) is 2.11. The number of hydrogen-bond acceptors (Lipinski definition) is 3. The summed E-state index contributed by atoms with van der Waals surface area (Å²) < 4.78 is 0. The van der Waals surface area contributed by atoms with Crippen molar-refractivity contribution in [3.63, 3.8) is 0 Å². The van der Waals surface area contributed by atoms with Crippen molar-refractivity contribution in [2.75, 3.05) is 6.54 Å². The van der Waals surface area contributed by atoms with Crippen molar-refractivity contribution in [2.45, 2.75) is 58.9 Å². The molecular formula is C25H31NO3S. The van der Waals surface area contributed by atoms with E-state index in [9.17, 15) is 14.7 Å². The average molecular weight is 426 g/mol. The van der Waals surface area contributed by atoms with Crippen LogP contribution in [0, 0.1) is 11.3 Å². The zero-order chi connectivity index (χ0) is 22.1. The number of amides is 1. The Bertz CT molecular complexity index is 968. The number of fused-ring (bicyclic) bond motifs is 1. The third kappa shape index (κ3) is 4.41. The number of benzene rings is 2. The van der Waals surface area contributed by atoms with Crippen LogP contribution in [-0.2, 0) is 9.59 Å². The van der Waals surface area contributed by atoms with Crippen LogP contribution in [0.5, 0.6) is 0 Å². The van der Waals surface area contributed by atoms with Crippen LogP contribution in [0.4, 0.5) is 0 Å². The number of aliphatic hydroxyl groups is 1. The molecule has 3 rings (SSSR count). The van der Waals surface area contributed by atoms with Crippen LogP contribution in [0.1, 0.15) is 58.4 Å². The molecule has 0 saturated carbocycles. The maximum absolute atomic E-state index is 12.9. The Hall–Kier alpha value is -2.27. The highest BCUT2D eigenvalue weighted by atomic mass is 32.1. The summed E-state index contributed by atoms with van der Waals surface area (Å²) in [4.78, 5) is 27.1. The van der Waals surface area contributed by atoms with Gasteiger partial charge in [-0.1, -0.05) is 70.2 Å². The first-order valence-corrected chi connectivity index (χ1v) is 11.1. The highest BCUT2D eigenvalue weighted by molar-refractivity contribution is 7.80. The minimum Gasteiger partial charge on any atom is -0.500 e. The zero-order valence-electron chi connectivity index (χ0n) is 18.2. The van der Waals surface area contributed by atoms with Gasteiger partial charge in [0, 0.05) is 12.0 Å². The fraction of sp³-hybridized carbons (Fsp3) is 0.480. The highest BCUT2D eigenvalue weighted by Gasteiger charge is 2.44. The predicted molar refractivity (Wildman–Crippen MR) is 125 cm³/mol. The molecule has 1 saturated heterocycles. The Kier molecular flexibility index (Phi) is 6.61. The number of rotatable bonds is 7. The van der Waals surface area contributed by atoms with E-state index < -0.39 is 23.1 Å². The van der Waals surface area contributed by atoms with Gasteiger partial charge in [-0.3, -0.25) is 9.59 Å². The van der Waals surface area contributed by atoms with Crippen molar-refractivity contribution in [2.24, 2.45) is 11.3 Å². The summed E-state index contributed by atoms with van der Waals surface area (Å²) in [6.45, 7) is 8.09. The number of carbonyl (C=O) groups excluding carboxylic acids is 2. The van der Waals surface area contributed by atoms with Crippen LogP contribution < -0.4 is 0 Å². The molecule has 4 nitrogen and oxygen atoms in total. The smallest absolute Gasteiger partial charge is 0.291 e. The molecule has 2 aromatic rings. The van der Waals surface area contributed by atoms with Gasteiger partial charge in [0.05, 0.1) is 0 Å². The number of ketones is 1. The zero-order valence-corrected chi connectivity index (χ0v) is 19.0. The molecule has 1 N–H and O–H groups in total. The Morgan fingerprint density at radius 1 is 1.20 bits per heavy atom. The number of aliphatic hydroxyl groups excluding tert-OH is 1. The first kappa shape index (κ1) is 22.4. The summed E-state index contributed by atoms with van der Waals surface area (Å²) >= 11 is 5.12. The van der Waals surface area contributed by atoms with Crippen LogP contribution in [0.3, 0.4) is 0 Å². The summed E-state index contributed by atoms with van der Waals surface area (Å²) in [5.41, 5.74) is 0.513. The lowest BCUT2D eigenvalue weighted by Gasteiger charge is -2.30. The van der Waals surface area contributed by atoms with Crippen LogP contribution >= 0.6 is 12.2 Å². The normalized spacial score (nSPS) is 20.3. The second kappa shape index (κ2) is 8.84. The molecule has 1 heterocycles. The molecule has 0 bridgehead atoms. The lowest BCUT2D eigenvalue weighted by Crippen LogP contribution is -2.48. The van der Waals surface area contributed by atoms with Gasteiger partial charge in [-0.15, -0.1) is 0 Å². The monoisotopic (exact) mass is 425 g/mol. The quantitative estimate of drug-likeness (QED) is 0.474. The SMILES string of the molecule is CCC(C)(C)C(=O)C(=O)N1CCC(C[C@H](C)c2ccc3ccccc3c2)C1C(O)=S. The molecule has 1 aliphatic rings. The van der Waals surface area contributed by atoms with Crippen LogP contribution in [0.25, 0.3) is 10.8 Å². The van der Waals surface area contributed by atoms with Crippen LogP contribution in [-0.4, -0.2) is 39.3 Å².